The van der Waals surface area contributed by atoms with E-state index < -0.39 is 0 Å². The molecule has 3 heteroatoms. The van der Waals surface area contributed by atoms with Crippen LogP contribution in [-0.2, 0) is 4.79 Å². The van der Waals surface area contributed by atoms with Crippen LogP contribution < -0.4 is 10.6 Å². The van der Waals surface area contributed by atoms with Crippen LogP contribution in [0, 0.1) is 0 Å². The largest absolute Gasteiger partial charge is 0.356 e. The topological polar surface area (TPSA) is 45.7 Å². The predicted molar refractivity (Wildman–Crippen MR) is 104 cm³/mol. The molecule has 0 atom stereocenters. The quantitative estimate of drug-likeness (QED) is 0.607. The van der Waals surface area contributed by atoms with Crippen molar-refractivity contribution in [3.63, 3.8) is 0 Å². The summed E-state index contributed by atoms with van der Waals surface area (Å²) in [5, 5.41) is 5.32. The molecule has 25 heavy (non-hydrogen) atoms. The number of benzene rings is 2. The van der Waals surface area contributed by atoms with Crippen LogP contribution in [0.25, 0.3) is 0 Å². The molecule has 0 aliphatic carbocycles. The normalized spacial score (nSPS) is 10.8. The van der Waals surface area contributed by atoms with Crippen LogP contribution in [0.4, 0.5) is 0 Å². The maximum atomic E-state index is 12.0. The van der Waals surface area contributed by atoms with Crippen molar-refractivity contribution in [1.82, 2.24) is 5.32 Å². The van der Waals surface area contributed by atoms with E-state index in [1.165, 1.54) is 24.0 Å². The monoisotopic (exact) mass is 339 g/mol. The number of unbranched alkanes of at least 4 members (excludes halogenated alkanes) is 1. The number of carbonyl (C=O) groups excluding carboxylic acids is 1. The maximum absolute atomic E-state index is 12.0. The molecule has 3 N–H and O–H groups in total. The second kappa shape index (κ2) is 11.4. The summed E-state index contributed by atoms with van der Waals surface area (Å²) < 4.78 is 0. The first kappa shape index (κ1) is 19.2. The molecule has 3 nitrogen and oxygen atoms in total. The standard InChI is InChI=1S/C22H30N2O/c1-2-3-16-23-17-15-22(25)24-18-14-21(19-10-6-4-7-11-19)20-12-8-5-9-13-20/h4-13,21,23H,2-3,14-18H2,1H3,(H,24,25)/p+1. The van der Waals surface area contributed by atoms with Crippen molar-refractivity contribution in [2.75, 3.05) is 19.6 Å². The molecule has 2 aromatic rings. The van der Waals surface area contributed by atoms with Crippen LogP contribution in [-0.4, -0.2) is 25.5 Å². The van der Waals surface area contributed by atoms with Gasteiger partial charge in [-0.3, -0.25) is 4.79 Å². The van der Waals surface area contributed by atoms with Crippen molar-refractivity contribution in [2.24, 2.45) is 0 Å². The van der Waals surface area contributed by atoms with Crippen molar-refractivity contribution in [1.29, 1.82) is 0 Å². The van der Waals surface area contributed by atoms with Gasteiger partial charge in [0.05, 0.1) is 19.5 Å². The minimum Gasteiger partial charge on any atom is -0.356 e. The summed E-state index contributed by atoms with van der Waals surface area (Å²) in [5.41, 5.74) is 2.60. The van der Waals surface area contributed by atoms with E-state index in [0.29, 0.717) is 18.9 Å². The molecule has 0 fully saturated rings. The van der Waals surface area contributed by atoms with Gasteiger partial charge in [0.1, 0.15) is 0 Å². The van der Waals surface area contributed by atoms with E-state index in [1.807, 2.05) is 12.1 Å². The van der Waals surface area contributed by atoms with Gasteiger partial charge in [0.2, 0.25) is 5.91 Å². The number of hydrogen-bond acceptors (Lipinski definition) is 1. The van der Waals surface area contributed by atoms with Crippen molar-refractivity contribution in [3.8, 4) is 0 Å². The van der Waals surface area contributed by atoms with Gasteiger partial charge in [0.25, 0.3) is 0 Å². The number of nitrogens with one attached hydrogen (secondary N) is 1. The fourth-order valence-corrected chi connectivity index (χ4v) is 3.07. The Morgan fingerprint density at radius 2 is 1.56 bits per heavy atom. The molecule has 2 rings (SSSR count). The van der Waals surface area contributed by atoms with Gasteiger partial charge < -0.3 is 10.6 Å². The first-order valence-electron chi connectivity index (χ1n) is 9.49. The van der Waals surface area contributed by atoms with E-state index >= 15 is 0 Å². The molecule has 0 aromatic heterocycles. The van der Waals surface area contributed by atoms with Gasteiger partial charge in [-0.2, -0.15) is 0 Å². The molecule has 0 heterocycles. The zero-order chi connectivity index (χ0) is 17.7. The lowest BCUT2D eigenvalue weighted by molar-refractivity contribution is -0.654. The molecule has 0 radical (unpaired) electrons. The molecule has 2 aromatic carbocycles. The molecule has 0 saturated carbocycles. The van der Waals surface area contributed by atoms with Gasteiger partial charge in [-0.1, -0.05) is 74.0 Å². The molecule has 134 valence electrons. The van der Waals surface area contributed by atoms with Gasteiger partial charge in [-0.15, -0.1) is 0 Å². The number of carbonyl (C=O) groups is 1. The molecule has 0 aliphatic rings. The lowest BCUT2D eigenvalue weighted by atomic mass is 9.88. The molecular weight excluding hydrogens is 308 g/mol. The van der Waals surface area contributed by atoms with Crippen LogP contribution in [0.15, 0.2) is 60.7 Å². The first-order valence-corrected chi connectivity index (χ1v) is 9.49. The van der Waals surface area contributed by atoms with Crippen LogP contribution in [0.5, 0.6) is 0 Å². The van der Waals surface area contributed by atoms with E-state index in [2.05, 4.69) is 66.1 Å². The molecular formula is C22H31N2O+. The lowest BCUT2D eigenvalue weighted by Gasteiger charge is -2.18. The number of quaternary nitrogens is 1. The SMILES string of the molecule is CCCC[NH2+]CCC(=O)NCCC(c1ccccc1)c1ccccc1. The van der Waals surface area contributed by atoms with Crippen molar-refractivity contribution in [2.45, 2.75) is 38.5 Å². The number of nitrogens with two attached hydrogens (primary N) is 1. The Hall–Kier alpha value is -2.13. The number of hydrogen-bond donors (Lipinski definition) is 2. The Labute approximate surface area is 151 Å². The number of rotatable bonds is 11. The van der Waals surface area contributed by atoms with Crippen molar-refractivity contribution in [3.05, 3.63) is 71.8 Å². The predicted octanol–water partition coefficient (Wildman–Crippen LogP) is 3.08. The van der Waals surface area contributed by atoms with E-state index in [0.717, 1.165) is 19.5 Å². The summed E-state index contributed by atoms with van der Waals surface area (Å²) in [5.74, 6) is 0.478. The highest BCUT2D eigenvalue weighted by Crippen LogP contribution is 2.27. The average molecular weight is 340 g/mol. The zero-order valence-electron chi connectivity index (χ0n) is 15.3. The molecule has 0 saturated heterocycles. The Balaban J connectivity index is 1.81. The van der Waals surface area contributed by atoms with Gasteiger partial charge in [-0.25, -0.2) is 0 Å². The Bertz CT molecular complexity index is 558. The van der Waals surface area contributed by atoms with Crippen LogP contribution in [0.3, 0.4) is 0 Å². The van der Waals surface area contributed by atoms with Crippen LogP contribution in [0.1, 0.15) is 49.7 Å². The summed E-state index contributed by atoms with van der Waals surface area (Å²) in [6, 6.07) is 21.1. The van der Waals surface area contributed by atoms with Crippen molar-refractivity contribution < 1.29 is 10.1 Å². The van der Waals surface area contributed by atoms with Crippen LogP contribution >= 0.6 is 0 Å². The third-order valence-electron chi connectivity index (χ3n) is 4.50. The fourth-order valence-electron chi connectivity index (χ4n) is 3.07. The summed E-state index contributed by atoms with van der Waals surface area (Å²) in [7, 11) is 0. The summed E-state index contributed by atoms with van der Waals surface area (Å²) >= 11 is 0. The second-order valence-corrected chi connectivity index (χ2v) is 6.48. The average Bonchev–Trinajstić information content (AvgIpc) is 2.66. The Morgan fingerprint density at radius 1 is 0.960 bits per heavy atom. The van der Waals surface area contributed by atoms with E-state index in [-0.39, 0.29) is 5.91 Å². The van der Waals surface area contributed by atoms with Gasteiger partial charge >= 0.3 is 0 Å². The Morgan fingerprint density at radius 3 is 2.12 bits per heavy atom. The third kappa shape index (κ3) is 7.10. The first-order chi connectivity index (χ1) is 12.3. The van der Waals surface area contributed by atoms with Gasteiger partial charge in [-0.05, 0) is 24.0 Å². The number of amides is 1. The lowest BCUT2D eigenvalue weighted by Crippen LogP contribution is -2.84. The highest BCUT2D eigenvalue weighted by Gasteiger charge is 2.14. The summed E-state index contributed by atoms with van der Waals surface area (Å²) in [4.78, 5) is 12.0. The van der Waals surface area contributed by atoms with Crippen molar-refractivity contribution >= 4 is 5.91 Å². The highest BCUT2D eigenvalue weighted by atomic mass is 16.1. The van der Waals surface area contributed by atoms with E-state index in [9.17, 15) is 4.79 Å². The second-order valence-electron chi connectivity index (χ2n) is 6.48. The minimum absolute atomic E-state index is 0.160. The highest BCUT2D eigenvalue weighted by molar-refractivity contribution is 5.75. The fraction of sp³-hybridized carbons (Fsp3) is 0.409. The smallest absolute Gasteiger partial charge is 0.225 e. The van der Waals surface area contributed by atoms with Gasteiger partial charge in [0.15, 0.2) is 0 Å². The summed E-state index contributed by atoms with van der Waals surface area (Å²) in [6.45, 7) is 4.90. The van der Waals surface area contributed by atoms with E-state index in [4.69, 9.17) is 0 Å². The molecule has 0 bridgehead atoms. The molecule has 0 spiro atoms. The molecule has 1 amide bonds. The summed E-state index contributed by atoms with van der Waals surface area (Å²) in [6.07, 6.45) is 3.95. The minimum atomic E-state index is 0.160. The zero-order valence-corrected chi connectivity index (χ0v) is 15.3. The third-order valence-corrected chi connectivity index (χ3v) is 4.50. The maximum Gasteiger partial charge on any atom is 0.225 e. The molecule has 0 aliphatic heterocycles. The Kier molecular flexibility index (Phi) is 8.78. The van der Waals surface area contributed by atoms with Crippen LogP contribution in [0.2, 0.25) is 0 Å². The molecule has 0 unspecified atom stereocenters. The van der Waals surface area contributed by atoms with Gasteiger partial charge in [0, 0.05) is 12.5 Å². The van der Waals surface area contributed by atoms with E-state index in [1.54, 1.807) is 0 Å².